The number of hydrogen-bond donors (Lipinski definition) is 3. The number of carbonyl (C=O) groups excluding carboxylic acids is 2. The van der Waals surface area contributed by atoms with Gasteiger partial charge in [0, 0.05) is 10.4 Å². The van der Waals surface area contributed by atoms with Crippen LogP contribution in [0.15, 0.2) is 40.9 Å². The molecule has 2 amide bonds. The van der Waals surface area contributed by atoms with Crippen LogP contribution in [0.5, 0.6) is 0 Å². The molecule has 5 rings (SSSR count). The normalized spacial score (nSPS) is 40.6. The zero-order valence-electron chi connectivity index (χ0n) is 17.1. The summed E-state index contributed by atoms with van der Waals surface area (Å²) < 4.78 is 0.929. The van der Waals surface area contributed by atoms with Crippen LogP contribution in [0, 0.1) is 34.5 Å². The lowest BCUT2D eigenvalue weighted by atomic mass is 9.47. The van der Waals surface area contributed by atoms with E-state index in [1.54, 1.807) is 0 Å². The van der Waals surface area contributed by atoms with Crippen molar-refractivity contribution < 1.29 is 9.59 Å². The van der Waals surface area contributed by atoms with Crippen molar-refractivity contribution in [3.05, 3.63) is 46.5 Å². The van der Waals surface area contributed by atoms with Crippen molar-refractivity contribution in [2.24, 2.45) is 51.7 Å². The number of hydrogen-bond acceptors (Lipinski definition) is 3. The number of benzene rings is 1. The molecule has 0 aliphatic heterocycles. The average molecular weight is 472 g/mol. The lowest BCUT2D eigenvalue weighted by Crippen LogP contribution is -2.65. The molecule has 4 aliphatic carbocycles. The van der Waals surface area contributed by atoms with Crippen LogP contribution in [0.25, 0.3) is 0 Å². The molecule has 2 bridgehead atoms. The van der Waals surface area contributed by atoms with Gasteiger partial charge in [-0.3, -0.25) is 9.59 Å². The summed E-state index contributed by atoms with van der Waals surface area (Å²) in [7, 11) is 0. The number of amides is 2. The molecule has 1 aromatic rings. The van der Waals surface area contributed by atoms with E-state index < -0.39 is 16.7 Å². The molecule has 6 heteroatoms. The van der Waals surface area contributed by atoms with Crippen LogP contribution >= 0.6 is 15.9 Å². The molecule has 0 radical (unpaired) electrons. The van der Waals surface area contributed by atoms with Crippen LogP contribution in [0.2, 0.25) is 0 Å². The quantitative estimate of drug-likeness (QED) is 0.573. The minimum atomic E-state index is -1.10. The predicted molar refractivity (Wildman–Crippen MR) is 119 cm³/mol. The van der Waals surface area contributed by atoms with Gasteiger partial charge in [-0.25, -0.2) is 0 Å². The summed E-state index contributed by atoms with van der Waals surface area (Å²) in [6, 6.07) is 7.80. The second kappa shape index (κ2) is 6.67. The molecule has 6 N–H and O–H groups in total. The Balaban J connectivity index is 1.76. The summed E-state index contributed by atoms with van der Waals surface area (Å²) in [5.41, 5.74) is 17.3. The van der Waals surface area contributed by atoms with Gasteiger partial charge in [0.05, 0.1) is 10.8 Å². The Labute approximate surface area is 185 Å². The number of halogens is 1. The third-order valence-corrected chi connectivity index (χ3v) is 9.62. The van der Waals surface area contributed by atoms with E-state index in [0.717, 1.165) is 48.6 Å². The van der Waals surface area contributed by atoms with Gasteiger partial charge in [-0.1, -0.05) is 40.2 Å². The predicted octanol–water partition coefficient (Wildman–Crippen LogP) is 3.01. The molecule has 3 fully saturated rings. The van der Waals surface area contributed by atoms with E-state index in [2.05, 4.69) is 28.1 Å². The van der Waals surface area contributed by atoms with E-state index in [-0.39, 0.29) is 29.1 Å². The van der Waals surface area contributed by atoms with Crippen molar-refractivity contribution >= 4 is 27.7 Å². The molecule has 5 nitrogen and oxygen atoms in total. The van der Waals surface area contributed by atoms with Crippen LogP contribution in [-0.2, 0) is 15.0 Å². The van der Waals surface area contributed by atoms with Crippen molar-refractivity contribution in [1.29, 1.82) is 0 Å². The van der Waals surface area contributed by atoms with Gasteiger partial charge in [0.25, 0.3) is 0 Å². The second-order valence-electron chi connectivity index (χ2n) is 9.94. The lowest BCUT2D eigenvalue weighted by Gasteiger charge is -2.53. The average Bonchev–Trinajstić information content (AvgIpc) is 3.40. The summed E-state index contributed by atoms with van der Waals surface area (Å²) in [5, 5.41) is 0. The van der Waals surface area contributed by atoms with Gasteiger partial charge in [-0.2, -0.15) is 0 Å². The van der Waals surface area contributed by atoms with Gasteiger partial charge in [0.15, 0.2) is 0 Å². The number of allylic oxidation sites excluding steroid dienone is 2. The molecule has 0 aromatic heterocycles. The Morgan fingerprint density at radius 2 is 1.53 bits per heavy atom. The van der Waals surface area contributed by atoms with Gasteiger partial charge in [-0.05, 0) is 85.9 Å². The van der Waals surface area contributed by atoms with E-state index in [1.165, 1.54) is 0 Å². The van der Waals surface area contributed by atoms with E-state index in [9.17, 15) is 9.59 Å². The SMILES string of the molecule is NCC1CCC([C@@]2(C(N)=O)[C@@H]3C=C[C@@H](C34CC4)[C@@]2(C(N)=O)c2ccc(Br)cc2)CC1. The van der Waals surface area contributed by atoms with Crippen LogP contribution in [0.4, 0.5) is 0 Å². The first-order chi connectivity index (χ1) is 14.4. The van der Waals surface area contributed by atoms with Gasteiger partial charge >= 0.3 is 0 Å². The molecule has 3 saturated carbocycles. The zero-order chi connectivity index (χ0) is 21.3. The summed E-state index contributed by atoms with van der Waals surface area (Å²) in [4.78, 5) is 27.1. The Morgan fingerprint density at radius 3 is 2.03 bits per heavy atom. The highest BCUT2D eigenvalue weighted by Crippen LogP contribution is 2.82. The molecular weight excluding hydrogens is 442 g/mol. The van der Waals surface area contributed by atoms with Gasteiger partial charge in [-0.15, -0.1) is 0 Å². The third kappa shape index (κ3) is 2.22. The smallest absolute Gasteiger partial charge is 0.229 e. The largest absolute Gasteiger partial charge is 0.369 e. The highest BCUT2D eigenvalue weighted by atomic mass is 79.9. The highest BCUT2D eigenvalue weighted by Gasteiger charge is 2.84. The van der Waals surface area contributed by atoms with Crippen molar-refractivity contribution in [3.8, 4) is 0 Å². The van der Waals surface area contributed by atoms with E-state index >= 15 is 0 Å². The topological polar surface area (TPSA) is 112 Å². The van der Waals surface area contributed by atoms with Crippen molar-refractivity contribution in [1.82, 2.24) is 0 Å². The number of carbonyl (C=O) groups is 2. The minimum absolute atomic E-state index is 0.0249. The maximum absolute atomic E-state index is 13.6. The first-order valence-electron chi connectivity index (χ1n) is 11.1. The zero-order valence-corrected chi connectivity index (χ0v) is 18.7. The monoisotopic (exact) mass is 471 g/mol. The van der Waals surface area contributed by atoms with Crippen molar-refractivity contribution in [3.63, 3.8) is 0 Å². The molecule has 0 unspecified atom stereocenters. The number of nitrogens with two attached hydrogens (primary N) is 3. The van der Waals surface area contributed by atoms with Gasteiger partial charge < -0.3 is 17.2 Å². The molecule has 1 spiro atoms. The molecule has 160 valence electrons. The first-order valence-corrected chi connectivity index (χ1v) is 11.9. The summed E-state index contributed by atoms with van der Waals surface area (Å²) >= 11 is 3.50. The number of rotatable bonds is 5. The van der Waals surface area contributed by atoms with Crippen LogP contribution in [-0.4, -0.2) is 18.4 Å². The summed E-state index contributed by atoms with van der Waals surface area (Å²) in [5.74, 6) is -0.357. The van der Waals surface area contributed by atoms with Gasteiger partial charge in [0.2, 0.25) is 11.8 Å². The molecule has 1 aromatic carbocycles. The Hall–Kier alpha value is -1.66. The molecule has 30 heavy (non-hydrogen) atoms. The Kier molecular flexibility index (Phi) is 4.50. The third-order valence-electron chi connectivity index (χ3n) is 9.09. The Morgan fingerprint density at radius 1 is 0.933 bits per heavy atom. The maximum atomic E-state index is 13.6. The standard InChI is InChI=1S/C24H30BrN3O2/c25-17-7-5-16(6-8-17)24(21(28)30)19-10-9-18(22(19)11-12-22)23(24,20(27)29)15-3-1-14(13-26)2-4-15/h5-10,14-15,18-19H,1-4,11-13,26H2,(H2,27,29)(H2,28,30)/t14?,15?,18-,19+,23+,24-/m1/s1. The van der Waals surface area contributed by atoms with Crippen molar-refractivity contribution in [2.75, 3.05) is 6.54 Å². The summed E-state index contributed by atoms with van der Waals surface area (Å²) in [6.07, 6.45) is 10.1. The summed E-state index contributed by atoms with van der Waals surface area (Å²) in [6.45, 7) is 0.667. The van der Waals surface area contributed by atoms with Crippen LogP contribution in [0.1, 0.15) is 44.1 Å². The lowest BCUT2D eigenvalue weighted by molar-refractivity contribution is -0.150. The molecule has 4 aliphatic rings. The Bertz CT molecular complexity index is 917. The minimum Gasteiger partial charge on any atom is -0.369 e. The van der Waals surface area contributed by atoms with E-state index in [4.69, 9.17) is 17.2 Å². The second-order valence-corrected chi connectivity index (χ2v) is 10.9. The van der Waals surface area contributed by atoms with E-state index in [0.29, 0.717) is 12.5 Å². The van der Waals surface area contributed by atoms with Crippen LogP contribution in [0.3, 0.4) is 0 Å². The van der Waals surface area contributed by atoms with Crippen molar-refractivity contribution in [2.45, 2.75) is 43.9 Å². The number of primary amides is 2. The van der Waals surface area contributed by atoms with E-state index in [1.807, 2.05) is 24.3 Å². The molecule has 0 heterocycles. The molecule has 4 atom stereocenters. The molecular formula is C24H30BrN3O2. The molecule has 0 saturated heterocycles. The first kappa shape index (κ1) is 20.3. The fourth-order valence-corrected chi connectivity index (χ4v) is 8.12. The fourth-order valence-electron chi connectivity index (χ4n) is 7.86. The van der Waals surface area contributed by atoms with Crippen LogP contribution < -0.4 is 17.2 Å². The highest BCUT2D eigenvalue weighted by molar-refractivity contribution is 9.10. The fraction of sp³-hybridized carbons (Fsp3) is 0.583. The van der Waals surface area contributed by atoms with Gasteiger partial charge in [0.1, 0.15) is 0 Å². The maximum Gasteiger partial charge on any atom is 0.229 e.